The van der Waals surface area contributed by atoms with Crippen LogP contribution in [0.1, 0.15) is 41.1 Å². The van der Waals surface area contributed by atoms with Gasteiger partial charge in [0.2, 0.25) is 17.7 Å². The molecule has 0 radical (unpaired) electrons. The van der Waals surface area contributed by atoms with Crippen LogP contribution in [0.5, 0.6) is 0 Å². The summed E-state index contributed by atoms with van der Waals surface area (Å²) < 4.78 is -0.749. The van der Waals surface area contributed by atoms with Crippen molar-refractivity contribution in [3.63, 3.8) is 0 Å². The van der Waals surface area contributed by atoms with Gasteiger partial charge in [0.1, 0.15) is 6.04 Å². The van der Waals surface area contributed by atoms with Crippen LogP contribution in [0.15, 0.2) is 78.9 Å². The van der Waals surface area contributed by atoms with Gasteiger partial charge in [0.25, 0.3) is 0 Å². The molecule has 3 heterocycles. The number of rotatable bonds is 8. The smallest absolute Gasteiger partial charge is 0.248 e. The molecule has 3 saturated heterocycles. The highest BCUT2D eigenvalue weighted by molar-refractivity contribution is 8.02. The molecule has 2 unspecified atom stereocenters. The van der Waals surface area contributed by atoms with Crippen LogP contribution < -0.4 is 10.6 Å². The van der Waals surface area contributed by atoms with E-state index in [0.29, 0.717) is 18.7 Å². The normalized spacial score (nSPS) is 27.0. The third kappa shape index (κ3) is 4.73. The van der Waals surface area contributed by atoms with E-state index in [1.165, 1.54) is 0 Å². The lowest BCUT2D eigenvalue weighted by Crippen LogP contribution is -2.52. The predicted molar refractivity (Wildman–Crippen MR) is 160 cm³/mol. The van der Waals surface area contributed by atoms with Crippen molar-refractivity contribution in [1.29, 1.82) is 0 Å². The van der Waals surface area contributed by atoms with Gasteiger partial charge < -0.3 is 20.6 Å². The molecule has 0 aliphatic carbocycles. The lowest BCUT2D eigenvalue weighted by Gasteiger charge is -2.37. The number of aliphatic hydroxyl groups is 1. The van der Waals surface area contributed by atoms with E-state index in [4.69, 9.17) is 0 Å². The number of fused-ring (bicyclic) bond motifs is 1. The maximum atomic E-state index is 14.5. The van der Waals surface area contributed by atoms with Gasteiger partial charge in [-0.3, -0.25) is 14.4 Å². The predicted octanol–water partition coefficient (Wildman–Crippen LogP) is 4.38. The molecule has 212 valence electrons. The van der Waals surface area contributed by atoms with E-state index in [1.54, 1.807) is 16.7 Å². The molecule has 0 aromatic heterocycles. The molecule has 3 N–H and O–H groups in total. The SMILES string of the molecule is Cc1ccc(C)c(NC(=O)C2N([C@H](CO)c3ccccc3)C(=O)[C@@H]3[C@H](C(=O)NCc4ccccc4)[C@@H]4CCC23S4)c1. The summed E-state index contributed by atoms with van der Waals surface area (Å²) >= 11 is 1.63. The van der Waals surface area contributed by atoms with Crippen LogP contribution in [0.2, 0.25) is 0 Å². The van der Waals surface area contributed by atoms with Crippen molar-refractivity contribution >= 4 is 35.2 Å². The number of thioether (sulfide) groups is 1. The second-order valence-corrected chi connectivity index (χ2v) is 13.0. The Bertz CT molecular complexity index is 1470. The first-order valence-electron chi connectivity index (χ1n) is 14.2. The van der Waals surface area contributed by atoms with Gasteiger partial charge in [0.05, 0.1) is 29.2 Å². The van der Waals surface area contributed by atoms with Crippen molar-refractivity contribution < 1.29 is 19.5 Å². The zero-order chi connectivity index (χ0) is 28.7. The van der Waals surface area contributed by atoms with Crippen LogP contribution in [0, 0.1) is 25.7 Å². The zero-order valence-corrected chi connectivity index (χ0v) is 24.1. The first-order valence-corrected chi connectivity index (χ1v) is 15.1. The Hall–Kier alpha value is -3.62. The molecule has 41 heavy (non-hydrogen) atoms. The first kappa shape index (κ1) is 27.5. The van der Waals surface area contributed by atoms with Gasteiger partial charge in [0.15, 0.2) is 0 Å². The number of hydrogen-bond donors (Lipinski definition) is 3. The highest BCUT2D eigenvalue weighted by Gasteiger charge is 2.74. The Morgan fingerprint density at radius 3 is 2.44 bits per heavy atom. The second kappa shape index (κ2) is 11.0. The van der Waals surface area contributed by atoms with Gasteiger partial charge in [0, 0.05) is 17.5 Å². The molecule has 7 nitrogen and oxygen atoms in total. The molecule has 3 aromatic rings. The Kier molecular flexibility index (Phi) is 7.38. The third-order valence-corrected chi connectivity index (χ3v) is 10.9. The number of nitrogens with one attached hydrogen (secondary N) is 2. The molecular weight excluding hydrogens is 534 g/mol. The Labute approximate surface area is 244 Å². The molecule has 3 amide bonds. The van der Waals surface area contributed by atoms with Crippen LogP contribution in [0.25, 0.3) is 0 Å². The molecular formula is C33H35N3O4S. The number of carbonyl (C=O) groups is 3. The zero-order valence-electron chi connectivity index (χ0n) is 23.2. The summed E-state index contributed by atoms with van der Waals surface area (Å²) in [6.07, 6.45) is 1.42. The fourth-order valence-electron chi connectivity index (χ4n) is 7.03. The van der Waals surface area contributed by atoms with Crippen molar-refractivity contribution in [2.45, 2.75) is 55.3 Å². The largest absolute Gasteiger partial charge is 0.394 e. The molecule has 1 spiro atoms. The van der Waals surface area contributed by atoms with Crippen LogP contribution in [-0.4, -0.2) is 50.4 Å². The lowest BCUT2D eigenvalue weighted by atomic mass is 9.70. The average Bonchev–Trinajstić information content (AvgIpc) is 3.63. The summed E-state index contributed by atoms with van der Waals surface area (Å²) in [6, 6.07) is 23.4. The standard InChI is InChI=1S/C33H35N3O4S/c1-20-13-14-21(2)24(17-20)35-31(39)29-33-16-15-26(41-33)27(30(38)34-18-22-9-5-3-6-10-22)28(33)32(40)36(29)25(19-37)23-11-7-4-8-12-23/h3-14,17,25-29,37H,15-16,18-19H2,1-2H3,(H,34,38)(H,35,39)/t25-,26+,27-,28+,29?,33?/m1/s1. The topological polar surface area (TPSA) is 98.7 Å². The van der Waals surface area contributed by atoms with Gasteiger partial charge in [-0.05, 0) is 55.0 Å². The summed E-state index contributed by atoms with van der Waals surface area (Å²) in [5.41, 5.74) is 4.40. The molecule has 0 saturated carbocycles. The minimum atomic E-state index is -0.834. The van der Waals surface area contributed by atoms with E-state index in [1.807, 2.05) is 92.7 Å². The van der Waals surface area contributed by atoms with E-state index in [-0.39, 0.29) is 29.6 Å². The van der Waals surface area contributed by atoms with E-state index in [9.17, 15) is 19.5 Å². The van der Waals surface area contributed by atoms with Crippen molar-refractivity contribution in [2.75, 3.05) is 11.9 Å². The number of benzene rings is 3. The summed E-state index contributed by atoms with van der Waals surface area (Å²) in [5, 5.41) is 16.8. The first-order chi connectivity index (χ1) is 19.8. The second-order valence-electron chi connectivity index (χ2n) is 11.4. The van der Waals surface area contributed by atoms with Crippen LogP contribution in [0.3, 0.4) is 0 Å². The third-order valence-electron chi connectivity index (χ3n) is 8.94. The van der Waals surface area contributed by atoms with Gasteiger partial charge in [-0.2, -0.15) is 0 Å². The van der Waals surface area contributed by atoms with E-state index < -0.39 is 28.7 Å². The maximum absolute atomic E-state index is 14.5. The van der Waals surface area contributed by atoms with Crippen molar-refractivity contribution in [3.05, 3.63) is 101 Å². The highest BCUT2D eigenvalue weighted by Crippen LogP contribution is 2.67. The average molecular weight is 570 g/mol. The van der Waals surface area contributed by atoms with Gasteiger partial charge in [-0.25, -0.2) is 0 Å². The Morgan fingerprint density at radius 1 is 1.02 bits per heavy atom. The molecule has 3 aliphatic rings. The molecule has 3 aromatic carbocycles. The van der Waals surface area contributed by atoms with Gasteiger partial charge >= 0.3 is 0 Å². The summed E-state index contributed by atoms with van der Waals surface area (Å²) in [7, 11) is 0. The molecule has 3 aliphatic heterocycles. The van der Waals surface area contributed by atoms with Crippen LogP contribution >= 0.6 is 11.8 Å². The van der Waals surface area contributed by atoms with Crippen molar-refractivity contribution in [2.24, 2.45) is 11.8 Å². The van der Waals surface area contributed by atoms with Crippen LogP contribution in [-0.2, 0) is 20.9 Å². The van der Waals surface area contributed by atoms with E-state index >= 15 is 0 Å². The molecule has 3 fully saturated rings. The number of amides is 3. The molecule has 6 rings (SSSR count). The molecule has 8 heteroatoms. The van der Waals surface area contributed by atoms with Crippen LogP contribution in [0.4, 0.5) is 5.69 Å². The number of aryl methyl sites for hydroxylation is 2. The fourth-order valence-corrected chi connectivity index (χ4v) is 9.24. The summed E-state index contributed by atoms with van der Waals surface area (Å²) in [5.74, 6) is -1.84. The van der Waals surface area contributed by atoms with E-state index in [2.05, 4.69) is 10.6 Å². The lowest BCUT2D eigenvalue weighted by molar-refractivity contribution is -0.142. The minimum Gasteiger partial charge on any atom is -0.394 e. The van der Waals surface area contributed by atoms with Crippen molar-refractivity contribution in [3.8, 4) is 0 Å². The number of likely N-dealkylation sites (tertiary alicyclic amines) is 1. The van der Waals surface area contributed by atoms with E-state index in [0.717, 1.165) is 28.7 Å². The van der Waals surface area contributed by atoms with Gasteiger partial charge in [-0.1, -0.05) is 72.8 Å². The summed E-state index contributed by atoms with van der Waals surface area (Å²) in [4.78, 5) is 44.1. The monoisotopic (exact) mass is 569 g/mol. The Morgan fingerprint density at radius 2 is 1.73 bits per heavy atom. The maximum Gasteiger partial charge on any atom is 0.248 e. The minimum absolute atomic E-state index is 0.0396. The highest BCUT2D eigenvalue weighted by atomic mass is 32.2. The number of hydrogen-bond acceptors (Lipinski definition) is 5. The van der Waals surface area contributed by atoms with Gasteiger partial charge in [-0.15, -0.1) is 11.8 Å². The Balaban J connectivity index is 1.37. The number of anilines is 1. The fraction of sp³-hybridized carbons (Fsp3) is 0.364. The quantitative estimate of drug-likeness (QED) is 0.374. The van der Waals surface area contributed by atoms with Crippen molar-refractivity contribution in [1.82, 2.24) is 10.2 Å². The molecule has 6 atom stereocenters. The summed E-state index contributed by atoms with van der Waals surface area (Å²) in [6.45, 7) is 3.96. The number of nitrogens with zero attached hydrogens (tertiary/aromatic N) is 1. The number of aliphatic hydroxyl groups excluding tert-OH is 1. The molecule has 2 bridgehead atoms. The number of carbonyl (C=O) groups excluding carboxylic acids is 3.